The summed E-state index contributed by atoms with van der Waals surface area (Å²) in [5, 5.41) is 1.09. The fraction of sp³-hybridized carbons (Fsp3) is 0.400. The van der Waals surface area contributed by atoms with Crippen molar-refractivity contribution in [3.63, 3.8) is 0 Å². The molecule has 1 aromatic carbocycles. The van der Waals surface area contributed by atoms with Crippen LogP contribution in [0.4, 0.5) is 0 Å². The summed E-state index contributed by atoms with van der Waals surface area (Å²) in [6, 6.07) is 8.76. The Labute approximate surface area is 86.9 Å². The molecule has 66 valence electrons. The van der Waals surface area contributed by atoms with Gasteiger partial charge in [-0.2, -0.15) is 0 Å². The molecule has 0 atom stereocenters. The monoisotopic (exact) mass is 244 g/mol. The Hall–Kier alpha value is 0.0500. The number of thioether (sulfide) groups is 1. The summed E-state index contributed by atoms with van der Waals surface area (Å²) in [7, 11) is 0. The molecule has 0 saturated carbocycles. The van der Waals surface area contributed by atoms with E-state index in [0.717, 1.165) is 5.33 Å². The molecule has 1 rings (SSSR count). The van der Waals surface area contributed by atoms with Crippen molar-refractivity contribution >= 4 is 27.7 Å². The second kappa shape index (κ2) is 5.65. The third kappa shape index (κ3) is 3.20. The molecule has 1 aromatic rings. The molecule has 0 aliphatic carbocycles. The van der Waals surface area contributed by atoms with Gasteiger partial charge in [-0.3, -0.25) is 0 Å². The number of aryl methyl sites for hydroxylation is 1. The van der Waals surface area contributed by atoms with E-state index in [1.807, 2.05) is 0 Å². The highest BCUT2D eigenvalue weighted by Crippen LogP contribution is 2.16. The molecule has 2 heteroatoms. The molecule has 0 radical (unpaired) electrons. The second-order valence-corrected chi connectivity index (χ2v) is 4.32. The average Bonchev–Trinajstić information content (AvgIpc) is 2.15. The smallest absolute Gasteiger partial charge is 0.00718 e. The molecule has 0 bridgehead atoms. The predicted octanol–water partition coefficient (Wildman–Crippen LogP) is 3.74. The number of halogens is 1. The van der Waals surface area contributed by atoms with Crippen LogP contribution in [-0.4, -0.2) is 11.6 Å². The molecule has 0 nitrogen and oxygen atoms in total. The molecule has 0 amide bonds. The lowest BCUT2D eigenvalue weighted by Crippen LogP contribution is -1.85. The quantitative estimate of drug-likeness (QED) is 0.575. The van der Waals surface area contributed by atoms with Crippen LogP contribution in [0.1, 0.15) is 12.0 Å². The van der Waals surface area contributed by atoms with Crippen LogP contribution in [0.5, 0.6) is 0 Å². The van der Waals surface area contributed by atoms with Gasteiger partial charge in [0.2, 0.25) is 0 Å². The molecule has 0 aromatic heterocycles. The average molecular weight is 245 g/mol. The SMILES string of the molecule is CSc1cccc(CCCBr)c1. The predicted molar refractivity (Wildman–Crippen MR) is 60.3 cm³/mol. The van der Waals surface area contributed by atoms with E-state index in [9.17, 15) is 0 Å². The second-order valence-electron chi connectivity index (χ2n) is 2.64. The molecule has 0 heterocycles. The molecule has 0 saturated heterocycles. The lowest BCUT2D eigenvalue weighted by atomic mass is 10.1. The first-order valence-electron chi connectivity index (χ1n) is 4.05. The van der Waals surface area contributed by atoms with Crippen LogP contribution in [0.15, 0.2) is 29.2 Å². The van der Waals surface area contributed by atoms with Gasteiger partial charge in [0, 0.05) is 10.2 Å². The Kier molecular flexibility index (Phi) is 4.77. The lowest BCUT2D eigenvalue weighted by molar-refractivity contribution is 0.935. The first-order chi connectivity index (χ1) is 5.86. The summed E-state index contributed by atoms with van der Waals surface area (Å²) in [6.45, 7) is 0. The summed E-state index contributed by atoms with van der Waals surface area (Å²) in [6.07, 6.45) is 4.51. The molecular weight excluding hydrogens is 232 g/mol. The normalized spacial score (nSPS) is 10.2. The van der Waals surface area contributed by atoms with Gasteiger partial charge in [0.05, 0.1) is 0 Å². The molecule has 0 aliphatic rings. The highest BCUT2D eigenvalue weighted by atomic mass is 79.9. The van der Waals surface area contributed by atoms with Crippen LogP contribution in [0, 0.1) is 0 Å². The Morgan fingerprint density at radius 2 is 2.25 bits per heavy atom. The van der Waals surface area contributed by atoms with Gasteiger partial charge in [-0.05, 0) is 36.8 Å². The summed E-state index contributed by atoms with van der Waals surface area (Å²) in [5.41, 5.74) is 1.45. The summed E-state index contributed by atoms with van der Waals surface area (Å²) in [5.74, 6) is 0. The van der Waals surface area contributed by atoms with Crippen LogP contribution in [0.25, 0.3) is 0 Å². The minimum atomic E-state index is 1.09. The minimum Gasteiger partial charge on any atom is -0.130 e. The maximum Gasteiger partial charge on any atom is 0.00718 e. The molecule has 0 unspecified atom stereocenters. The van der Waals surface area contributed by atoms with Crippen molar-refractivity contribution < 1.29 is 0 Å². The van der Waals surface area contributed by atoms with Gasteiger partial charge in [-0.15, -0.1) is 11.8 Å². The van der Waals surface area contributed by atoms with Crippen molar-refractivity contribution in [2.45, 2.75) is 17.7 Å². The number of benzene rings is 1. The zero-order valence-electron chi connectivity index (χ0n) is 7.22. The van der Waals surface area contributed by atoms with Crippen molar-refractivity contribution in [2.24, 2.45) is 0 Å². The highest BCUT2D eigenvalue weighted by Gasteiger charge is 1.93. The zero-order valence-corrected chi connectivity index (χ0v) is 9.62. The molecule has 0 aliphatic heterocycles. The zero-order chi connectivity index (χ0) is 8.81. The van der Waals surface area contributed by atoms with Gasteiger partial charge < -0.3 is 0 Å². The van der Waals surface area contributed by atoms with Crippen molar-refractivity contribution in [2.75, 3.05) is 11.6 Å². The summed E-state index contributed by atoms with van der Waals surface area (Å²) >= 11 is 5.24. The first kappa shape index (κ1) is 10.1. The van der Waals surface area contributed by atoms with E-state index in [1.54, 1.807) is 11.8 Å². The number of rotatable bonds is 4. The molecule has 0 fully saturated rings. The van der Waals surface area contributed by atoms with Crippen molar-refractivity contribution in [1.29, 1.82) is 0 Å². The molecular formula is C10H13BrS. The van der Waals surface area contributed by atoms with Crippen LogP contribution in [-0.2, 0) is 6.42 Å². The van der Waals surface area contributed by atoms with Crippen molar-refractivity contribution in [3.8, 4) is 0 Å². The summed E-state index contributed by atoms with van der Waals surface area (Å²) < 4.78 is 0. The topological polar surface area (TPSA) is 0 Å². The van der Waals surface area contributed by atoms with E-state index in [2.05, 4.69) is 46.5 Å². The molecule has 0 spiro atoms. The van der Waals surface area contributed by atoms with E-state index < -0.39 is 0 Å². The molecule has 12 heavy (non-hydrogen) atoms. The maximum absolute atomic E-state index is 3.44. The van der Waals surface area contributed by atoms with E-state index in [-0.39, 0.29) is 0 Å². The molecule has 0 N–H and O–H groups in total. The first-order valence-corrected chi connectivity index (χ1v) is 6.40. The minimum absolute atomic E-state index is 1.09. The third-order valence-corrected chi connectivity index (χ3v) is 3.02. The van der Waals surface area contributed by atoms with Gasteiger partial charge in [-0.1, -0.05) is 28.1 Å². The Bertz CT molecular complexity index is 235. The van der Waals surface area contributed by atoms with Crippen LogP contribution in [0.2, 0.25) is 0 Å². The van der Waals surface area contributed by atoms with Crippen molar-refractivity contribution in [1.82, 2.24) is 0 Å². The Balaban J connectivity index is 2.60. The number of hydrogen-bond donors (Lipinski definition) is 0. The maximum atomic E-state index is 3.44. The van der Waals surface area contributed by atoms with Gasteiger partial charge in [-0.25, -0.2) is 0 Å². The van der Waals surface area contributed by atoms with Gasteiger partial charge in [0.15, 0.2) is 0 Å². The van der Waals surface area contributed by atoms with Gasteiger partial charge in [0.1, 0.15) is 0 Å². The fourth-order valence-corrected chi connectivity index (χ4v) is 1.86. The van der Waals surface area contributed by atoms with E-state index in [4.69, 9.17) is 0 Å². The number of hydrogen-bond acceptors (Lipinski definition) is 1. The lowest BCUT2D eigenvalue weighted by Gasteiger charge is -2.01. The van der Waals surface area contributed by atoms with E-state index in [1.165, 1.54) is 23.3 Å². The van der Waals surface area contributed by atoms with Crippen LogP contribution < -0.4 is 0 Å². The standard InChI is InChI=1S/C10H13BrS/c1-12-10-6-2-4-9(8-10)5-3-7-11/h2,4,6,8H,3,5,7H2,1H3. The highest BCUT2D eigenvalue weighted by molar-refractivity contribution is 9.09. The van der Waals surface area contributed by atoms with Gasteiger partial charge in [0.25, 0.3) is 0 Å². The largest absolute Gasteiger partial charge is 0.130 e. The summed E-state index contributed by atoms with van der Waals surface area (Å²) in [4.78, 5) is 1.36. The van der Waals surface area contributed by atoms with Gasteiger partial charge >= 0.3 is 0 Å². The number of alkyl halides is 1. The van der Waals surface area contributed by atoms with Crippen LogP contribution in [0.3, 0.4) is 0 Å². The third-order valence-electron chi connectivity index (χ3n) is 1.73. The van der Waals surface area contributed by atoms with E-state index in [0.29, 0.717) is 0 Å². The Morgan fingerprint density at radius 1 is 1.42 bits per heavy atom. The Morgan fingerprint density at radius 3 is 2.92 bits per heavy atom. The van der Waals surface area contributed by atoms with E-state index >= 15 is 0 Å². The van der Waals surface area contributed by atoms with Crippen LogP contribution >= 0.6 is 27.7 Å². The fourth-order valence-electron chi connectivity index (χ4n) is 1.10. The van der Waals surface area contributed by atoms with Crippen molar-refractivity contribution in [3.05, 3.63) is 29.8 Å².